The van der Waals surface area contributed by atoms with E-state index in [9.17, 15) is 0 Å². The van der Waals surface area contributed by atoms with Gasteiger partial charge in [0.05, 0.1) is 0 Å². The molecule has 21 heavy (non-hydrogen) atoms. The summed E-state index contributed by atoms with van der Waals surface area (Å²) in [4.78, 5) is 9.48. The topological polar surface area (TPSA) is 47.0 Å². The number of methoxy groups -OCH3 is 1. The number of hydrogen-bond acceptors (Lipinski definition) is 4. The van der Waals surface area contributed by atoms with Gasteiger partial charge >= 0.3 is 0 Å². The van der Waals surface area contributed by atoms with Gasteiger partial charge in [0.1, 0.15) is 11.9 Å². The lowest BCUT2D eigenvalue weighted by atomic mass is 9.85. The first-order valence-electron chi connectivity index (χ1n) is 8.29. The largest absolute Gasteiger partial charge is 0.373 e. The summed E-state index contributed by atoms with van der Waals surface area (Å²) in [5, 5.41) is 3.42. The van der Waals surface area contributed by atoms with Gasteiger partial charge in [-0.05, 0) is 39.0 Å². The fourth-order valence-electron chi connectivity index (χ4n) is 3.14. The maximum atomic E-state index is 5.78. The maximum absolute atomic E-state index is 5.78. The van der Waals surface area contributed by atoms with Crippen LogP contribution in [-0.2, 0) is 4.74 Å². The second-order valence-electron chi connectivity index (χ2n) is 6.12. The summed E-state index contributed by atoms with van der Waals surface area (Å²) in [5.41, 5.74) is 2.20. The lowest BCUT2D eigenvalue weighted by Crippen LogP contribution is -2.21. The van der Waals surface area contributed by atoms with Gasteiger partial charge < -0.3 is 10.1 Å². The first kappa shape index (κ1) is 16.2. The Morgan fingerprint density at radius 2 is 1.90 bits per heavy atom. The van der Waals surface area contributed by atoms with Crippen LogP contribution in [0.15, 0.2) is 0 Å². The van der Waals surface area contributed by atoms with Crippen LogP contribution in [-0.4, -0.2) is 23.6 Å². The summed E-state index contributed by atoms with van der Waals surface area (Å²) in [6, 6.07) is 0. The minimum absolute atomic E-state index is 0.0341. The third kappa shape index (κ3) is 3.94. The third-order valence-corrected chi connectivity index (χ3v) is 4.54. The highest BCUT2D eigenvalue weighted by Crippen LogP contribution is 2.35. The molecule has 1 fully saturated rings. The molecule has 1 N–H and O–H groups in total. The monoisotopic (exact) mass is 291 g/mol. The van der Waals surface area contributed by atoms with E-state index in [4.69, 9.17) is 14.7 Å². The minimum atomic E-state index is 0.0341. The van der Waals surface area contributed by atoms with Gasteiger partial charge in [0.2, 0.25) is 0 Å². The molecule has 0 aliphatic heterocycles. The highest BCUT2D eigenvalue weighted by atomic mass is 16.5. The summed E-state index contributed by atoms with van der Waals surface area (Å²) in [7, 11) is 1.79. The maximum Gasteiger partial charge on any atom is 0.160 e. The molecule has 0 radical (unpaired) electrons. The quantitative estimate of drug-likeness (QED) is 0.854. The fourth-order valence-corrected chi connectivity index (χ4v) is 3.14. The number of nitrogens with zero attached hydrogens (tertiary/aromatic N) is 2. The number of anilines is 1. The predicted molar refractivity (Wildman–Crippen MR) is 86.6 cm³/mol. The molecule has 2 rings (SSSR count). The molecule has 0 bridgehead atoms. The lowest BCUT2D eigenvalue weighted by molar-refractivity contribution is 0.0289. The van der Waals surface area contributed by atoms with Crippen LogP contribution in [0.2, 0.25) is 0 Å². The molecule has 1 saturated carbocycles. The van der Waals surface area contributed by atoms with Gasteiger partial charge in [-0.15, -0.1) is 0 Å². The Hall–Kier alpha value is -1.16. The van der Waals surface area contributed by atoms with Crippen molar-refractivity contribution >= 4 is 5.82 Å². The second kappa shape index (κ2) is 7.74. The Balaban J connectivity index is 2.25. The van der Waals surface area contributed by atoms with Crippen LogP contribution in [0, 0.1) is 19.8 Å². The fraction of sp³-hybridized carbons (Fsp3) is 0.765. The number of hydrogen-bond donors (Lipinski definition) is 1. The van der Waals surface area contributed by atoms with E-state index < -0.39 is 0 Å². The summed E-state index contributed by atoms with van der Waals surface area (Å²) >= 11 is 0. The molecule has 1 atom stereocenters. The van der Waals surface area contributed by atoms with Gasteiger partial charge in [0.15, 0.2) is 5.82 Å². The molecular formula is C17H29N3O. The van der Waals surface area contributed by atoms with Gasteiger partial charge in [0, 0.05) is 24.9 Å². The number of aryl methyl sites for hydroxylation is 1. The van der Waals surface area contributed by atoms with E-state index in [2.05, 4.69) is 26.1 Å². The number of nitrogens with one attached hydrogen (secondary N) is 1. The van der Waals surface area contributed by atoms with Crippen LogP contribution in [0.5, 0.6) is 0 Å². The molecule has 0 amide bonds. The van der Waals surface area contributed by atoms with Gasteiger partial charge in [0.25, 0.3) is 0 Å². The van der Waals surface area contributed by atoms with Crippen LogP contribution in [0.25, 0.3) is 0 Å². The van der Waals surface area contributed by atoms with E-state index in [1.165, 1.54) is 32.1 Å². The Morgan fingerprint density at radius 1 is 1.19 bits per heavy atom. The summed E-state index contributed by atoms with van der Waals surface area (Å²) in [5.74, 6) is 2.38. The van der Waals surface area contributed by atoms with Crippen molar-refractivity contribution in [1.29, 1.82) is 0 Å². The zero-order chi connectivity index (χ0) is 15.2. The molecule has 4 heteroatoms. The predicted octanol–water partition coefficient (Wildman–Crippen LogP) is 4.18. The van der Waals surface area contributed by atoms with Crippen molar-refractivity contribution in [1.82, 2.24) is 9.97 Å². The van der Waals surface area contributed by atoms with Crippen molar-refractivity contribution < 1.29 is 4.74 Å². The van der Waals surface area contributed by atoms with Crippen LogP contribution in [0.4, 0.5) is 5.82 Å². The first-order valence-corrected chi connectivity index (χ1v) is 8.29. The van der Waals surface area contributed by atoms with E-state index in [0.29, 0.717) is 5.92 Å². The van der Waals surface area contributed by atoms with Gasteiger partial charge in [-0.1, -0.05) is 26.2 Å². The zero-order valence-electron chi connectivity index (χ0n) is 13.9. The van der Waals surface area contributed by atoms with E-state index >= 15 is 0 Å². The van der Waals surface area contributed by atoms with E-state index in [1.807, 2.05) is 0 Å². The van der Waals surface area contributed by atoms with Crippen LogP contribution < -0.4 is 5.32 Å². The summed E-state index contributed by atoms with van der Waals surface area (Å²) in [6.07, 6.45) is 7.54. The van der Waals surface area contributed by atoms with E-state index in [1.54, 1.807) is 7.11 Å². The molecule has 1 aromatic heterocycles. The van der Waals surface area contributed by atoms with E-state index in [0.717, 1.165) is 35.9 Å². The van der Waals surface area contributed by atoms with Crippen molar-refractivity contribution in [2.45, 2.75) is 65.4 Å². The molecule has 0 spiro atoms. The Kier molecular flexibility index (Phi) is 5.97. The van der Waals surface area contributed by atoms with E-state index in [-0.39, 0.29) is 6.10 Å². The minimum Gasteiger partial charge on any atom is -0.373 e. The third-order valence-electron chi connectivity index (χ3n) is 4.54. The molecule has 0 saturated heterocycles. The molecule has 1 aliphatic carbocycles. The molecule has 4 nitrogen and oxygen atoms in total. The molecule has 1 unspecified atom stereocenters. The second-order valence-corrected chi connectivity index (χ2v) is 6.12. The Morgan fingerprint density at radius 3 is 2.52 bits per heavy atom. The lowest BCUT2D eigenvalue weighted by Gasteiger charge is -2.28. The van der Waals surface area contributed by atoms with Gasteiger partial charge in [-0.3, -0.25) is 0 Å². The smallest absolute Gasteiger partial charge is 0.160 e. The van der Waals surface area contributed by atoms with Crippen molar-refractivity contribution in [2.75, 3.05) is 19.0 Å². The van der Waals surface area contributed by atoms with Crippen molar-refractivity contribution in [3.05, 3.63) is 17.1 Å². The summed E-state index contributed by atoms with van der Waals surface area (Å²) < 4.78 is 5.78. The standard InChI is InChI=1S/C17H29N3O/c1-5-11-18-16-12(2)13(3)19-17(20-16)15(21-4)14-9-7-6-8-10-14/h14-15H,5-11H2,1-4H3,(H,18,19,20). The van der Waals surface area contributed by atoms with Crippen LogP contribution in [0.1, 0.15) is 68.6 Å². The molecule has 1 aliphatic rings. The Bertz CT molecular complexity index is 456. The molecular weight excluding hydrogens is 262 g/mol. The highest BCUT2D eigenvalue weighted by Gasteiger charge is 2.28. The number of aromatic nitrogens is 2. The average Bonchev–Trinajstić information content (AvgIpc) is 2.51. The summed E-state index contributed by atoms with van der Waals surface area (Å²) in [6.45, 7) is 7.25. The van der Waals surface area contributed by atoms with Crippen LogP contribution in [0.3, 0.4) is 0 Å². The number of rotatable bonds is 6. The molecule has 0 aromatic carbocycles. The van der Waals surface area contributed by atoms with Crippen molar-refractivity contribution in [3.63, 3.8) is 0 Å². The molecule has 1 heterocycles. The average molecular weight is 291 g/mol. The van der Waals surface area contributed by atoms with Crippen LogP contribution >= 0.6 is 0 Å². The molecule has 1 aromatic rings. The highest BCUT2D eigenvalue weighted by molar-refractivity contribution is 5.45. The first-order chi connectivity index (χ1) is 10.2. The normalized spacial score (nSPS) is 17.7. The SMILES string of the molecule is CCCNc1nc(C(OC)C2CCCCC2)nc(C)c1C. The number of ether oxygens (including phenoxy) is 1. The van der Waals surface area contributed by atoms with Crippen molar-refractivity contribution in [3.8, 4) is 0 Å². The zero-order valence-corrected chi connectivity index (χ0v) is 13.9. The molecule has 118 valence electrons. The Labute approximate surface area is 128 Å². The van der Waals surface area contributed by atoms with Crippen molar-refractivity contribution in [2.24, 2.45) is 5.92 Å². The van der Waals surface area contributed by atoms with Gasteiger partial charge in [-0.2, -0.15) is 0 Å². The van der Waals surface area contributed by atoms with Gasteiger partial charge in [-0.25, -0.2) is 9.97 Å².